The number of anilines is 1. The third kappa shape index (κ3) is 4.25. The Labute approximate surface area is 202 Å². The van der Waals surface area contributed by atoms with Crippen molar-refractivity contribution in [3.8, 4) is 0 Å². The molecule has 3 aromatic rings. The molecule has 1 heterocycles. The molecule has 0 aromatic heterocycles. The predicted molar refractivity (Wildman–Crippen MR) is 136 cm³/mol. The molecule has 1 fully saturated rings. The number of rotatable bonds is 4. The van der Waals surface area contributed by atoms with E-state index < -0.39 is 0 Å². The first-order valence-electron chi connectivity index (χ1n) is 12.4. The fourth-order valence-corrected chi connectivity index (χ4v) is 5.74. The molecule has 174 valence electrons. The van der Waals surface area contributed by atoms with Crippen LogP contribution in [-0.2, 0) is 17.6 Å². The van der Waals surface area contributed by atoms with Gasteiger partial charge in [0.15, 0.2) is 0 Å². The van der Waals surface area contributed by atoms with E-state index in [2.05, 4.69) is 17.4 Å². The molecule has 1 saturated heterocycles. The van der Waals surface area contributed by atoms with Crippen LogP contribution in [-0.4, -0.2) is 23.3 Å². The maximum Gasteiger partial charge on any atom is 0.254 e. The lowest BCUT2D eigenvalue weighted by Gasteiger charge is -2.41. The molecule has 2 unspecified atom stereocenters. The molecule has 2 amide bonds. The number of likely N-dealkylation sites (tertiary alicyclic amines) is 1. The molecule has 0 radical (unpaired) electrons. The van der Waals surface area contributed by atoms with Crippen molar-refractivity contribution >= 4 is 17.5 Å². The largest absolute Gasteiger partial charge is 0.331 e. The molecule has 2 aliphatic rings. The Balaban J connectivity index is 1.47. The number of amides is 2. The molecular weight excluding hydrogens is 420 g/mol. The molecule has 34 heavy (non-hydrogen) atoms. The van der Waals surface area contributed by atoms with E-state index in [9.17, 15) is 9.59 Å². The first-order chi connectivity index (χ1) is 16.5. The lowest BCUT2D eigenvalue weighted by Crippen LogP contribution is -2.46. The van der Waals surface area contributed by atoms with E-state index in [0.717, 1.165) is 53.6 Å². The number of piperidine rings is 1. The van der Waals surface area contributed by atoms with Gasteiger partial charge in [-0.3, -0.25) is 9.59 Å². The van der Waals surface area contributed by atoms with Gasteiger partial charge in [-0.2, -0.15) is 0 Å². The smallest absolute Gasteiger partial charge is 0.254 e. The highest BCUT2D eigenvalue weighted by atomic mass is 16.2. The van der Waals surface area contributed by atoms with Gasteiger partial charge in [-0.1, -0.05) is 54.6 Å². The van der Waals surface area contributed by atoms with E-state index in [1.165, 1.54) is 17.5 Å². The molecule has 0 bridgehead atoms. The minimum absolute atomic E-state index is 0.00851. The summed E-state index contributed by atoms with van der Waals surface area (Å²) in [5.74, 6) is -0.303. The molecule has 1 N–H and O–H groups in total. The average molecular weight is 453 g/mol. The Hall–Kier alpha value is -3.40. The highest BCUT2D eigenvalue weighted by Crippen LogP contribution is 2.38. The van der Waals surface area contributed by atoms with Gasteiger partial charge in [-0.05, 0) is 85.9 Å². The normalized spacial score (nSPS) is 19.5. The monoisotopic (exact) mass is 452 g/mol. The van der Waals surface area contributed by atoms with Crippen LogP contribution in [0.1, 0.15) is 63.5 Å². The lowest BCUT2D eigenvalue weighted by molar-refractivity contribution is -0.123. The van der Waals surface area contributed by atoms with Crippen LogP contribution in [0, 0.1) is 19.8 Å². The number of aryl methyl sites for hydroxylation is 4. The van der Waals surface area contributed by atoms with Crippen molar-refractivity contribution in [2.45, 2.75) is 52.0 Å². The van der Waals surface area contributed by atoms with E-state index in [-0.39, 0.29) is 23.8 Å². The van der Waals surface area contributed by atoms with Crippen molar-refractivity contribution in [1.29, 1.82) is 0 Å². The second-order valence-corrected chi connectivity index (χ2v) is 9.70. The molecule has 1 aliphatic heterocycles. The van der Waals surface area contributed by atoms with Crippen molar-refractivity contribution in [1.82, 2.24) is 4.90 Å². The second-order valence-electron chi connectivity index (χ2n) is 9.70. The molecule has 4 heteroatoms. The van der Waals surface area contributed by atoms with Crippen molar-refractivity contribution < 1.29 is 9.59 Å². The van der Waals surface area contributed by atoms with Crippen molar-refractivity contribution in [3.05, 3.63) is 100 Å². The van der Waals surface area contributed by atoms with Crippen molar-refractivity contribution in [2.75, 3.05) is 11.9 Å². The third-order valence-corrected chi connectivity index (χ3v) is 7.43. The standard InChI is InChI=1S/C30H32N2O2/c1-20-9-6-10-21(2)27(20)30(34)32-18-8-15-26(28(32)23-11-4-3-5-12-23)29(33)31-25-17-16-22-13-7-14-24(22)19-25/h3-6,9-12,16-17,19,26,28H,7-8,13-15,18H2,1-2H3,(H,31,33). The fraction of sp³-hybridized carbons (Fsp3) is 0.333. The van der Waals surface area contributed by atoms with E-state index >= 15 is 0 Å². The molecule has 0 saturated carbocycles. The van der Waals surface area contributed by atoms with Crippen LogP contribution < -0.4 is 5.32 Å². The van der Waals surface area contributed by atoms with Gasteiger partial charge < -0.3 is 10.2 Å². The minimum Gasteiger partial charge on any atom is -0.331 e. The lowest BCUT2D eigenvalue weighted by atomic mass is 9.83. The number of nitrogens with one attached hydrogen (secondary N) is 1. The highest BCUT2D eigenvalue weighted by Gasteiger charge is 2.40. The second kappa shape index (κ2) is 9.46. The molecule has 4 nitrogen and oxygen atoms in total. The summed E-state index contributed by atoms with van der Waals surface area (Å²) in [4.78, 5) is 29.4. The topological polar surface area (TPSA) is 49.4 Å². The van der Waals surface area contributed by atoms with E-state index in [1.54, 1.807) is 0 Å². The summed E-state index contributed by atoms with van der Waals surface area (Å²) in [7, 11) is 0. The van der Waals surface area contributed by atoms with Crippen LogP contribution in [0.25, 0.3) is 0 Å². The number of nitrogens with zero attached hydrogens (tertiary/aromatic N) is 1. The van der Waals surface area contributed by atoms with Crippen LogP contribution >= 0.6 is 0 Å². The molecule has 3 aromatic carbocycles. The molecule has 1 aliphatic carbocycles. The van der Waals surface area contributed by atoms with Crippen molar-refractivity contribution in [3.63, 3.8) is 0 Å². The maximum atomic E-state index is 13.9. The molecule has 2 atom stereocenters. The van der Waals surface area contributed by atoms with Gasteiger partial charge in [0.05, 0.1) is 12.0 Å². The maximum absolute atomic E-state index is 13.9. The summed E-state index contributed by atoms with van der Waals surface area (Å²) in [6, 6.07) is 22.0. The number of hydrogen-bond donors (Lipinski definition) is 1. The van der Waals surface area contributed by atoms with Crippen LogP contribution in [0.3, 0.4) is 0 Å². The number of fused-ring (bicyclic) bond motifs is 1. The van der Waals surface area contributed by atoms with Crippen molar-refractivity contribution in [2.24, 2.45) is 5.92 Å². The van der Waals surface area contributed by atoms with Gasteiger partial charge in [0.25, 0.3) is 5.91 Å². The van der Waals surface area contributed by atoms with Gasteiger partial charge in [-0.15, -0.1) is 0 Å². The Bertz CT molecular complexity index is 1200. The number of benzene rings is 3. The van der Waals surface area contributed by atoms with E-state index in [4.69, 9.17) is 0 Å². The Kier molecular flexibility index (Phi) is 6.23. The fourth-order valence-electron chi connectivity index (χ4n) is 5.74. The van der Waals surface area contributed by atoms with Crippen LogP contribution in [0.5, 0.6) is 0 Å². The summed E-state index contributed by atoms with van der Waals surface area (Å²) >= 11 is 0. The average Bonchev–Trinajstić information content (AvgIpc) is 3.32. The first-order valence-corrected chi connectivity index (χ1v) is 12.4. The summed E-state index contributed by atoms with van der Waals surface area (Å²) in [5, 5.41) is 3.19. The molecule has 5 rings (SSSR count). The third-order valence-electron chi connectivity index (χ3n) is 7.43. The quantitative estimate of drug-likeness (QED) is 0.526. The summed E-state index contributed by atoms with van der Waals surface area (Å²) in [6.07, 6.45) is 4.95. The highest BCUT2D eigenvalue weighted by molar-refractivity contribution is 5.99. The molecule has 0 spiro atoms. The first kappa shape index (κ1) is 22.4. The van der Waals surface area contributed by atoms with Crippen LogP contribution in [0.4, 0.5) is 5.69 Å². The molecular formula is C30H32N2O2. The zero-order valence-electron chi connectivity index (χ0n) is 20.0. The minimum atomic E-state index is -0.308. The van der Waals surface area contributed by atoms with Crippen LogP contribution in [0.15, 0.2) is 66.7 Å². The SMILES string of the molecule is Cc1cccc(C)c1C(=O)N1CCCC(C(=O)Nc2ccc3c(c2)CCC3)C1c1ccccc1. The van der Waals surface area contributed by atoms with E-state index in [1.807, 2.05) is 73.3 Å². The zero-order chi connectivity index (χ0) is 23.7. The zero-order valence-corrected chi connectivity index (χ0v) is 20.0. The Morgan fingerprint density at radius 1 is 0.853 bits per heavy atom. The Morgan fingerprint density at radius 2 is 1.59 bits per heavy atom. The van der Waals surface area contributed by atoms with Gasteiger partial charge in [0, 0.05) is 17.8 Å². The van der Waals surface area contributed by atoms with Gasteiger partial charge >= 0.3 is 0 Å². The van der Waals surface area contributed by atoms with Gasteiger partial charge in [-0.25, -0.2) is 0 Å². The van der Waals surface area contributed by atoms with Crippen LogP contribution in [0.2, 0.25) is 0 Å². The van der Waals surface area contributed by atoms with Gasteiger partial charge in [0.2, 0.25) is 5.91 Å². The predicted octanol–water partition coefficient (Wildman–Crippen LogP) is 6.02. The summed E-state index contributed by atoms with van der Waals surface area (Å²) in [5.41, 5.74) is 7.30. The number of carbonyl (C=O) groups excluding carboxylic acids is 2. The number of carbonyl (C=O) groups is 2. The summed E-state index contributed by atoms with van der Waals surface area (Å²) < 4.78 is 0. The van der Waals surface area contributed by atoms with E-state index in [0.29, 0.717) is 6.54 Å². The number of hydrogen-bond acceptors (Lipinski definition) is 2. The Morgan fingerprint density at radius 3 is 2.35 bits per heavy atom. The van der Waals surface area contributed by atoms with Gasteiger partial charge in [0.1, 0.15) is 0 Å². The summed E-state index contributed by atoms with van der Waals surface area (Å²) in [6.45, 7) is 4.62.